The first kappa shape index (κ1) is 16.9. The van der Waals surface area contributed by atoms with Gasteiger partial charge in [-0.2, -0.15) is 0 Å². The van der Waals surface area contributed by atoms with Crippen molar-refractivity contribution >= 4 is 17.5 Å². The van der Waals surface area contributed by atoms with E-state index >= 15 is 0 Å². The first-order chi connectivity index (χ1) is 11.1. The maximum Gasteiger partial charge on any atom is 0.254 e. The molecule has 1 aromatic carbocycles. The number of carbonyl (C=O) groups is 1. The zero-order chi connectivity index (χ0) is 16.7. The highest BCUT2D eigenvalue weighted by atomic mass is 16.1. The van der Waals surface area contributed by atoms with Crippen LogP contribution in [0.4, 0.5) is 11.6 Å². The fraction of sp³-hybridized carbons (Fsp3) is 0.389. The van der Waals surface area contributed by atoms with Crippen molar-refractivity contribution in [2.24, 2.45) is 0 Å². The number of hydrogen-bond donors (Lipinski definition) is 2. The van der Waals surface area contributed by atoms with Crippen molar-refractivity contribution in [1.82, 2.24) is 15.3 Å². The predicted octanol–water partition coefficient (Wildman–Crippen LogP) is 3.87. The summed E-state index contributed by atoms with van der Waals surface area (Å²) in [5.74, 6) is 0.762. The van der Waals surface area contributed by atoms with Crippen molar-refractivity contribution in [2.75, 3.05) is 11.9 Å². The smallest absolute Gasteiger partial charge is 0.254 e. The molecule has 0 spiro atoms. The molecule has 1 heterocycles. The Morgan fingerprint density at radius 2 is 1.87 bits per heavy atom. The number of nitrogens with one attached hydrogen (secondary N) is 2. The fourth-order valence-corrected chi connectivity index (χ4v) is 2.23. The molecule has 122 valence electrons. The summed E-state index contributed by atoms with van der Waals surface area (Å²) < 4.78 is 0. The number of aromatic nitrogens is 2. The molecule has 23 heavy (non-hydrogen) atoms. The first-order valence-electron chi connectivity index (χ1n) is 8.08. The van der Waals surface area contributed by atoms with Gasteiger partial charge in [-0.15, -0.1) is 0 Å². The highest BCUT2D eigenvalue weighted by Gasteiger charge is 2.09. The van der Waals surface area contributed by atoms with E-state index in [1.807, 2.05) is 18.2 Å². The SMILES string of the molecule is CCCCNC(=O)c1cnc(Nc2ccccc2C(C)C)nc1. The zero-order valence-corrected chi connectivity index (χ0v) is 14.0. The topological polar surface area (TPSA) is 66.9 Å². The maximum atomic E-state index is 11.9. The predicted molar refractivity (Wildman–Crippen MR) is 93.1 cm³/mol. The Morgan fingerprint density at radius 1 is 1.17 bits per heavy atom. The standard InChI is InChI=1S/C18H24N4O/c1-4-5-10-19-17(23)14-11-20-18(21-12-14)22-16-9-7-6-8-15(16)13(2)3/h6-9,11-13H,4-5,10H2,1-3H3,(H,19,23)(H,20,21,22). The van der Waals surface area contributed by atoms with Gasteiger partial charge < -0.3 is 10.6 Å². The number of benzene rings is 1. The van der Waals surface area contributed by atoms with Crippen LogP contribution in [0.2, 0.25) is 0 Å². The number of hydrogen-bond acceptors (Lipinski definition) is 4. The minimum atomic E-state index is -0.132. The van der Waals surface area contributed by atoms with Crippen LogP contribution in [-0.4, -0.2) is 22.4 Å². The molecule has 1 amide bonds. The van der Waals surface area contributed by atoms with E-state index in [0.717, 1.165) is 18.5 Å². The molecule has 0 saturated heterocycles. The second-order valence-corrected chi connectivity index (χ2v) is 5.77. The molecule has 2 N–H and O–H groups in total. The van der Waals surface area contributed by atoms with E-state index in [1.54, 1.807) is 12.4 Å². The monoisotopic (exact) mass is 312 g/mol. The Hall–Kier alpha value is -2.43. The van der Waals surface area contributed by atoms with E-state index in [4.69, 9.17) is 0 Å². The molecule has 0 aliphatic rings. The lowest BCUT2D eigenvalue weighted by Gasteiger charge is -2.13. The van der Waals surface area contributed by atoms with Gasteiger partial charge in [-0.25, -0.2) is 9.97 Å². The second kappa shape index (κ2) is 8.27. The maximum absolute atomic E-state index is 11.9. The van der Waals surface area contributed by atoms with Gasteiger partial charge in [-0.1, -0.05) is 45.4 Å². The van der Waals surface area contributed by atoms with Crippen molar-refractivity contribution in [3.8, 4) is 0 Å². The number of rotatable bonds is 7. The summed E-state index contributed by atoms with van der Waals surface area (Å²) in [6, 6.07) is 8.08. The minimum absolute atomic E-state index is 0.132. The summed E-state index contributed by atoms with van der Waals surface area (Å²) >= 11 is 0. The molecule has 0 aliphatic heterocycles. The number of anilines is 2. The van der Waals surface area contributed by atoms with Crippen molar-refractivity contribution in [1.29, 1.82) is 0 Å². The van der Waals surface area contributed by atoms with E-state index in [9.17, 15) is 4.79 Å². The van der Waals surface area contributed by atoms with Gasteiger partial charge in [0.05, 0.1) is 5.56 Å². The van der Waals surface area contributed by atoms with Gasteiger partial charge in [0.1, 0.15) is 0 Å². The van der Waals surface area contributed by atoms with E-state index in [-0.39, 0.29) is 5.91 Å². The average molecular weight is 312 g/mol. The van der Waals surface area contributed by atoms with Crippen LogP contribution < -0.4 is 10.6 Å². The summed E-state index contributed by atoms with van der Waals surface area (Å²) in [5.41, 5.74) is 2.67. The lowest BCUT2D eigenvalue weighted by molar-refractivity contribution is 0.0952. The van der Waals surface area contributed by atoms with Gasteiger partial charge in [0.25, 0.3) is 5.91 Å². The third kappa shape index (κ3) is 4.77. The molecule has 5 nitrogen and oxygen atoms in total. The van der Waals surface area contributed by atoms with Crippen LogP contribution >= 0.6 is 0 Å². The molecule has 0 unspecified atom stereocenters. The quantitative estimate of drug-likeness (QED) is 0.762. The van der Waals surface area contributed by atoms with Crippen molar-refractivity contribution in [2.45, 2.75) is 39.5 Å². The second-order valence-electron chi connectivity index (χ2n) is 5.77. The number of nitrogens with zero attached hydrogens (tertiary/aromatic N) is 2. The number of unbranched alkanes of at least 4 members (excludes halogenated alkanes) is 1. The van der Waals surface area contributed by atoms with E-state index in [1.165, 1.54) is 5.56 Å². The van der Waals surface area contributed by atoms with E-state index in [0.29, 0.717) is 24.0 Å². The van der Waals surface area contributed by atoms with Gasteiger partial charge in [0.2, 0.25) is 5.95 Å². The summed E-state index contributed by atoms with van der Waals surface area (Å²) in [6.45, 7) is 7.05. The first-order valence-corrected chi connectivity index (χ1v) is 8.08. The van der Waals surface area contributed by atoms with Crippen molar-refractivity contribution in [3.05, 3.63) is 47.8 Å². The third-order valence-electron chi connectivity index (χ3n) is 3.56. The van der Waals surface area contributed by atoms with Crippen LogP contribution in [-0.2, 0) is 0 Å². The highest BCUT2D eigenvalue weighted by molar-refractivity contribution is 5.93. The minimum Gasteiger partial charge on any atom is -0.352 e. The molecular weight excluding hydrogens is 288 g/mol. The Kier molecular flexibility index (Phi) is 6.09. The Balaban J connectivity index is 2.04. The van der Waals surface area contributed by atoms with E-state index < -0.39 is 0 Å². The van der Waals surface area contributed by atoms with Gasteiger partial charge >= 0.3 is 0 Å². The van der Waals surface area contributed by atoms with Crippen molar-refractivity contribution in [3.63, 3.8) is 0 Å². The Bertz CT molecular complexity index is 638. The molecule has 0 fully saturated rings. The molecule has 0 aliphatic carbocycles. The number of carbonyl (C=O) groups excluding carboxylic acids is 1. The van der Waals surface area contributed by atoms with Crippen LogP contribution in [0.25, 0.3) is 0 Å². The Morgan fingerprint density at radius 3 is 2.52 bits per heavy atom. The zero-order valence-electron chi connectivity index (χ0n) is 14.0. The highest BCUT2D eigenvalue weighted by Crippen LogP contribution is 2.25. The average Bonchev–Trinajstić information content (AvgIpc) is 2.56. The fourth-order valence-electron chi connectivity index (χ4n) is 2.23. The summed E-state index contributed by atoms with van der Waals surface area (Å²) in [6.07, 6.45) is 5.12. The van der Waals surface area contributed by atoms with Crippen LogP contribution in [0.3, 0.4) is 0 Å². The normalized spacial score (nSPS) is 10.6. The molecule has 2 rings (SSSR count). The van der Waals surface area contributed by atoms with Crippen molar-refractivity contribution < 1.29 is 4.79 Å². The third-order valence-corrected chi connectivity index (χ3v) is 3.56. The number of amides is 1. The molecule has 0 atom stereocenters. The Labute approximate surface area is 137 Å². The molecule has 2 aromatic rings. The van der Waals surface area contributed by atoms with E-state index in [2.05, 4.69) is 47.4 Å². The van der Waals surface area contributed by atoms with Crippen LogP contribution in [0.15, 0.2) is 36.7 Å². The molecule has 0 bridgehead atoms. The molecule has 0 radical (unpaired) electrons. The number of para-hydroxylation sites is 1. The van der Waals surface area contributed by atoms with Gasteiger partial charge in [0, 0.05) is 24.6 Å². The van der Waals surface area contributed by atoms with Gasteiger partial charge in [0.15, 0.2) is 0 Å². The lowest BCUT2D eigenvalue weighted by Crippen LogP contribution is -2.24. The molecular formula is C18H24N4O. The molecule has 5 heteroatoms. The lowest BCUT2D eigenvalue weighted by atomic mass is 10.0. The summed E-state index contributed by atoms with van der Waals surface area (Å²) in [7, 11) is 0. The molecule has 1 aromatic heterocycles. The molecule has 0 saturated carbocycles. The van der Waals surface area contributed by atoms with Gasteiger partial charge in [-0.05, 0) is 24.0 Å². The summed E-state index contributed by atoms with van der Waals surface area (Å²) in [5, 5.41) is 6.07. The summed E-state index contributed by atoms with van der Waals surface area (Å²) in [4.78, 5) is 20.4. The van der Waals surface area contributed by atoms with Gasteiger partial charge in [-0.3, -0.25) is 4.79 Å². The largest absolute Gasteiger partial charge is 0.352 e. The van der Waals surface area contributed by atoms with Crippen LogP contribution in [0.5, 0.6) is 0 Å². The van der Waals surface area contributed by atoms with Crippen LogP contribution in [0, 0.1) is 0 Å². The van der Waals surface area contributed by atoms with Crippen LogP contribution in [0.1, 0.15) is 55.5 Å².